The molecule has 0 bridgehead atoms. The van der Waals surface area contributed by atoms with Gasteiger partial charge in [0.1, 0.15) is 11.4 Å². The van der Waals surface area contributed by atoms with Crippen LogP contribution in [0.2, 0.25) is 0 Å². The van der Waals surface area contributed by atoms with Crippen molar-refractivity contribution in [3.05, 3.63) is 77.0 Å². The van der Waals surface area contributed by atoms with Crippen LogP contribution in [0.25, 0.3) is 10.9 Å². The molecule has 0 saturated heterocycles. The molecule has 182 valence electrons. The van der Waals surface area contributed by atoms with Gasteiger partial charge in [-0.3, -0.25) is 14.4 Å². The molecule has 1 N–H and O–H groups in total. The number of hydrogen-bond donors (Lipinski definition) is 1. The lowest BCUT2D eigenvalue weighted by molar-refractivity contribution is 0.0926. The van der Waals surface area contributed by atoms with Gasteiger partial charge in [0.25, 0.3) is 11.8 Å². The number of nitrogens with one attached hydrogen (secondary N) is 1. The summed E-state index contributed by atoms with van der Waals surface area (Å²) in [6.45, 7) is 0. The molecular weight excluding hydrogens is 464 g/mol. The van der Waals surface area contributed by atoms with Crippen LogP contribution in [0.5, 0.6) is 23.0 Å². The molecule has 1 aromatic heterocycles. The minimum atomic E-state index is -0.515. The minimum absolute atomic E-state index is 0.0401. The number of carbonyl (C=O) groups excluding carboxylic acids is 3. The normalized spacial score (nSPS) is 12.6. The maximum atomic E-state index is 13.9. The lowest BCUT2D eigenvalue weighted by Gasteiger charge is -2.16. The summed E-state index contributed by atoms with van der Waals surface area (Å²) in [6, 6.07) is 14.7. The maximum Gasteiger partial charge on any atom is 0.266 e. The highest BCUT2D eigenvalue weighted by Crippen LogP contribution is 2.42. The zero-order valence-electron chi connectivity index (χ0n) is 20.0. The second kappa shape index (κ2) is 8.77. The number of methoxy groups -OCH3 is 4. The van der Waals surface area contributed by atoms with E-state index in [1.165, 1.54) is 40.6 Å². The fourth-order valence-electron chi connectivity index (χ4n) is 4.49. The summed E-state index contributed by atoms with van der Waals surface area (Å²) < 4.78 is 21.6. The zero-order valence-corrected chi connectivity index (χ0v) is 20.0. The van der Waals surface area contributed by atoms with Crippen LogP contribution in [0.3, 0.4) is 0 Å². The van der Waals surface area contributed by atoms with E-state index >= 15 is 0 Å². The van der Waals surface area contributed by atoms with Crippen molar-refractivity contribution in [3.63, 3.8) is 0 Å². The van der Waals surface area contributed by atoms with Crippen molar-refractivity contribution in [2.75, 3.05) is 33.3 Å². The number of rotatable bonds is 7. The maximum absolute atomic E-state index is 13.9. The molecule has 3 aromatic carbocycles. The first kappa shape index (κ1) is 23.0. The summed E-state index contributed by atoms with van der Waals surface area (Å²) in [5.41, 5.74) is 1.40. The van der Waals surface area contributed by atoms with Gasteiger partial charge in [0, 0.05) is 10.9 Å². The van der Waals surface area contributed by atoms with Crippen LogP contribution in [0.4, 0.5) is 5.69 Å². The van der Waals surface area contributed by atoms with E-state index in [1.807, 2.05) is 0 Å². The number of aromatic amines is 1. The van der Waals surface area contributed by atoms with Crippen LogP contribution in [0, 0.1) is 0 Å². The van der Waals surface area contributed by atoms with Crippen molar-refractivity contribution in [1.29, 1.82) is 0 Å². The molecule has 9 heteroatoms. The van der Waals surface area contributed by atoms with E-state index in [1.54, 1.807) is 42.5 Å². The van der Waals surface area contributed by atoms with Crippen LogP contribution in [-0.2, 0) is 0 Å². The van der Waals surface area contributed by atoms with Crippen LogP contribution in [-0.4, -0.2) is 51.0 Å². The van der Waals surface area contributed by atoms with Gasteiger partial charge < -0.3 is 23.9 Å². The first-order chi connectivity index (χ1) is 17.4. The Kier molecular flexibility index (Phi) is 5.60. The van der Waals surface area contributed by atoms with Gasteiger partial charge in [-0.2, -0.15) is 0 Å². The zero-order chi connectivity index (χ0) is 25.6. The highest BCUT2D eigenvalue weighted by molar-refractivity contribution is 6.38. The van der Waals surface area contributed by atoms with E-state index in [0.717, 1.165) is 4.90 Å². The molecule has 36 heavy (non-hydrogen) atoms. The van der Waals surface area contributed by atoms with E-state index in [2.05, 4.69) is 4.98 Å². The summed E-state index contributed by atoms with van der Waals surface area (Å²) >= 11 is 0. The van der Waals surface area contributed by atoms with Gasteiger partial charge in [0.2, 0.25) is 11.5 Å². The molecule has 4 aromatic rings. The van der Waals surface area contributed by atoms with Crippen molar-refractivity contribution in [2.45, 2.75) is 0 Å². The second-order valence-corrected chi connectivity index (χ2v) is 7.97. The first-order valence-corrected chi connectivity index (χ1v) is 11.0. The number of carbonyl (C=O) groups is 3. The van der Waals surface area contributed by atoms with Crippen molar-refractivity contribution < 1.29 is 33.3 Å². The molecule has 1 aliphatic heterocycles. The molecule has 0 aliphatic carbocycles. The lowest BCUT2D eigenvalue weighted by Crippen LogP contribution is -2.30. The van der Waals surface area contributed by atoms with E-state index in [-0.39, 0.29) is 39.6 Å². The van der Waals surface area contributed by atoms with E-state index in [4.69, 9.17) is 18.9 Å². The number of hydrogen-bond acceptors (Lipinski definition) is 7. The Morgan fingerprint density at radius 2 is 1.33 bits per heavy atom. The number of aromatic nitrogens is 1. The minimum Gasteiger partial charge on any atom is -0.495 e. The number of amides is 2. The lowest BCUT2D eigenvalue weighted by atomic mass is 10.0. The van der Waals surface area contributed by atoms with Gasteiger partial charge in [-0.25, -0.2) is 4.90 Å². The van der Waals surface area contributed by atoms with Crippen LogP contribution < -0.4 is 23.8 Å². The van der Waals surface area contributed by atoms with E-state index in [0.29, 0.717) is 22.4 Å². The van der Waals surface area contributed by atoms with Crippen molar-refractivity contribution >= 4 is 34.2 Å². The smallest absolute Gasteiger partial charge is 0.266 e. The fourth-order valence-corrected chi connectivity index (χ4v) is 4.49. The molecule has 0 radical (unpaired) electrons. The van der Waals surface area contributed by atoms with Gasteiger partial charge in [0.15, 0.2) is 11.5 Å². The third-order valence-corrected chi connectivity index (χ3v) is 6.16. The number of benzene rings is 3. The molecule has 0 atom stereocenters. The molecule has 2 amide bonds. The molecule has 9 nitrogen and oxygen atoms in total. The van der Waals surface area contributed by atoms with Gasteiger partial charge in [-0.15, -0.1) is 0 Å². The Morgan fingerprint density at radius 1 is 0.750 bits per heavy atom. The third kappa shape index (κ3) is 3.28. The van der Waals surface area contributed by atoms with Gasteiger partial charge in [0.05, 0.1) is 50.8 Å². The summed E-state index contributed by atoms with van der Waals surface area (Å²) in [5.74, 6) is -0.160. The largest absolute Gasteiger partial charge is 0.495 e. The standard InChI is InChI=1S/C27H22N2O7/c1-33-18-11-7-10-17-21(18)28-22(23(17)29-26(31)15-8-5-6-9-16(15)27(29)32)24(30)14-12-19(34-2)25(36-4)20(13-14)35-3/h5-13,28H,1-4H3. The predicted molar refractivity (Wildman–Crippen MR) is 132 cm³/mol. The van der Waals surface area contributed by atoms with Crippen molar-refractivity contribution in [2.24, 2.45) is 0 Å². The van der Waals surface area contributed by atoms with Crippen LogP contribution >= 0.6 is 0 Å². The Hall–Kier alpha value is -4.79. The third-order valence-electron chi connectivity index (χ3n) is 6.16. The van der Waals surface area contributed by atoms with Crippen molar-refractivity contribution in [3.8, 4) is 23.0 Å². The van der Waals surface area contributed by atoms with E-state index < -0.39 is 17.6 Å². The molecule has 5 rings (SSSR count). The predicted octanol–water partition coefficient (Wildman–Crippen LogP) is 4.23. The fraction of sp³-hybridized carbons (Fsp3) is 0.148. The molecule has 2 heterocycles. The Morgan fingerprint density at radius 3 is 1.86 bits per heavy atom. The number of ketones is 1. The summed E-state index contributed by atoms with van der Waals surface area (Å²) in [7, 11) is 5.86. The Bertz CT molecular complexity index is 1490. The van der Waals surface area contributed by atoms with Gasteiger partial charge >= 0.3 is 0 Å². The van der Waals surface area contributed by atoms with E-state index in [9.17, 15) is 14.4 Å². The van der Waals surface area contributed by atoms with Crippen LogP contribution in [0.15, 0.2) is 54.6 Å². The number of fused-ring (bicyclic) bond motifs is 2. The van der Waals surface area contributed by atoms with Gasteiger partial charge in [-0.05, 0) is 30.3 Å². The average molecular weight is 486 g/mol. The molecule has 0 spiro atoms. The first-order valence-electron chi connectivity index (χ1n) is 11.0. The quantitative estimate of drug-likeness (QED) is 0.308. The molecule has 1 aliphatic rings. The molecule has 0 saturated carbocycles. The number of H-pyrrole nitrogens is 1. The summed E-state index contributed by atoms with van der Waals surface area (Å²) in [4.78, 5) is 44.9. The SMILES string of the molecule is COc1cc(C(=O)c2[nH]c3c(OC)cccc3c2N2C(=O)c3ccccc3C2=O)cc(OC)c1OC. The number of para-hydroxylation sites is 1. The highest BCUT2D eigenvalue weighted by atomic mass is 16.5. The Labute approximate surface area is 206 Å². The Balaban J connectivity index is 1.76. The number of ether oxygens (including phenoxy) is 4. The molecular formula is C27H22N2O7. The summed E-state index contributed by atoms with van der Waals surface area (Å²) in [5, 5.41) is 0.486. The average Bonchev–Trinajstić information content (AvgIpc) is 3.41. The number of imide groups is 1. The van der Waals surface area contributed by atoms with Gasteiger partial charge in [-0.1, -0.05) is 24.3 Å². The number of anilines is 1. The van der Waals surface area contributed by atoms with Crippen molar-refractivity contribution in [1.82, 2.24) is 4.98 Å². The monoisotopic (exact) mass is 486 g/mol. The van der Waals surface area contributed by atoms with Crippen LogP contribution in [0.1, 0.15) is 36.8 Å². The molecule has 0 fully saturated rings. The molecule has 0 unspecified atom stereocenters. The second-order valence-electron chi connectivity index (χ2n) is 7.97. The highest BCUT2D eigenvalue weighted by Gasteiger charge is 2.40. The number of nitrogens with zero attached hydrogens (tertiary/aromatic N) is 1. The summed E-state index contributed by atoms with van der Waals surface area (Å²) in [6.07, 6.45) is 0. The topological polar surface area (TPSA) is 107 Å².